The monoisotopic (exact) mass is 182 g/mol. The molecule has 0 fully saturated rings. The lowest BCUT2D eigenvalue weighted by Gasteiger charge is -2.14. The lowest BCUT2D eigenvalue weighted by molar-refractivity contribution is -0.715. The van der Waals surface area contributed by atoms with E-state index in [1.807, 2.05) is 0 Å². The Hall–Kier alpha value is -0.830. The van der Waals surface area contributed by atoms with Gasteiger partial charge in [0.25, 0.3) is 0 Å². The van der Waals surface area contributed by atoms with Gasteiger partial charge in [-0.25, -0.2) is 9.13 Å². The van der Waals surface area contributed by atoms with Crippen LogP contribution in [0.2, 0.25) is 0 Å². The number of imidazole rings is 1. The normalized spacial score (nSPS) is 11.1. The van der Waals surface area contributed by atoms with Crippen LogP contribution < -0.4 is 4.57 Å². The van der Waals surface area contributed by atoms with Gasteiger partial charge in [0.05, 0.1) is 6.54 Å². The molecule has 74 valence electrons. The lowest BCUT2D eigenvalue weighted by Crippen LogP contribution is -2.42. The topological polar surface area (TPSA) is 12.1 Å². The second-order valence-electron chi connectivity index (χ2n) is 3.20. The minimum Gasteiger partial charge on any atom is -0.268 e. The zero-order valence-corrected chi connectivity index (χ0v) is 8.90. The summed E-state index contributed by atoms with van der Waals surface area (Å²) in [7, 11) is 0. The number of aryl methyl sites for hydroxylation is 1. The highest BCUT2D eigenvalue weighted by Gasteiger charge is 2.05. The summed E-state index contributed by atoms with van der Waals surface area (Å²) in [5.74, 6) is 0. The summed E-state index contributed by atoms with van der Waals surface area (Å²) in [5.41, 5.74) is 0. The molecular weight excluding hydrogens is 162 g/mol. The van der Waals surface area contributed by atoms with E-state index < -0.39 is 0 Å². The SMILES string of the molecule is CCN(CC)C[n+]1ccn(CC)c1. The van der Waals surface area contributed by atoms with Crippen molar-refractivity contribution < 1.29 is 4.57 Å². The first-order valence-electron chi connectivity index (χ1n) is 5.07. The molecule has 3 heteroatoms. The molecule has 0 unspecified atom stereocenters. The van der Waals surface area contributed by atoms with Gasteiger partial charge in [0, 0.05) is 0 Å². The van der Waals surface area contributed by atoms with E-state index >= 15 is 0 Å². The van der Waals surface area contributed by atoms with Gasteiger partial charge in [-0.15, -0.1) is 0 Å². The maximum atomic E-state index is 2.39. The first-order valence-corrected chi connectivity index (χ1v) is 5.07. The van der Waals surface area contributed by atoms with Gasteiger partial charge >= 0.3 is 0 Å². The van der Waals surface area contributed by atoms with E-state index in [0.717, 1.165) is 26.3 Å². The average Bonchev–Trinajstić information content (AvgIpc) is 2.61. The van der Waals surface area contributed by atoms with Gasteiger partial charge in [-0.2, -0.15) is 0 Å². The van der Waals surface area contributed by atoms with Gasteiger partial charge < -0.3 is 0 Å². The molecule has 3 nitrogen and oxygen atoms in total. The molecule has 0 radical (unpaired) electrons. The van der Waals surface area contributed by atoms with Crippen LogP contribution in [-0.4, -0.2) is 22.6 Å². The number of hydrogen-bond donors (Lipinski definition) is 0. The first-order chi connectivity index (χ1) is 6.30. The van der Waals surface area contributed by atoms with Gasteiger partial charge in [-0.1, -0.05) is 13.8 Å². The molecule has 0 spiro atoms. The van der Waals surface area contributed by atoms with E-state index in [1.54, 1.807) is 0 Å². The smallest absolute Gasteiger partial charge is 0.244 e. The van der Waals surface area contributed by atoms with Crippen LogP contribution in [0.1, 0.15) is 20.8 Å². The standard InChI is InChI=1S/C10H20N3/c1-4-11(5-2)9-13-8-7-12(6-3)10-13/h7-8,10H,4-6,9H2,1-3H3/q+1. The van der Waals surface area contributed by atoms with Crippen molar-refractivity contribution in [1.82, 2.24) is 9.47 Å². The lowest BCUT2D eigenvalue weighted by atomic mass is 10.5. The summed E-state index contributed by atoms with van der Waals surface area (Å²) in [6.45, 7) is 10.8. The zero-order valence-electron chi connectivity index (χ0n) is 8.90. The Kier molecular flexibility index (Phi) is 3.96. The van der Waals surface area contributed by atoms with E-state index in [2.05, 4.69) is 53.5 Å². The van der Waals surface area contributed by atoms with Crippen LogP contribution in [0.25, 0.3) is 0 Å². The third kappa shape index (κ3) is 2.84. The Balaban J connectivity index is 2.52. The molecule has 0 saturated heterocycles. The van der Waals surface area contributed by atoms with Gasteiger partial charge in [-0.3, -0.25) is 4.90 Å². The minimum absolute atomic E-state index is 1.00. The van der Waals surface area contributed by atoms with Crippen LogP contribution in [0.4, 0.5) is 0 Å². The fourth-order valence-corrected chi connectivity index (χ4v) is 1.36. The van der Waals surface area contributed by atoms with Crippen LogP contribution in [0.5, 0.6) is 0 Å². The predicted octanol–water partition coefficient (Wildman–Crippen LogP) is 1.09. The van der Waals surface area contributed by atoms with Crippen LogP contribution >= 0.6 is 0 Å². The van der Waals surface area contributed by atoms with Crippen molar-refractivity contribution in [1.29, 1.82) is 0 Å². The Labute approximate surface area is 80.6 Å². The molecule has 0 aromatic carbocycles. The molecule has 1 aromatic rings. The summed E-state index contributed by atoms with van der Waals surface area (Å²) in [4.78, 5) is 2.39. The third-order valence-corrected chi connectivity index (χ3v) is 2.37. The zero-order chi connectivity index (χ0) is 9.68. The van der Waals surface area contributed by atoms with E-state index in [4.69, 9.17) is 0 Å². The maximum Gasteiger partial charge on any atom is 0.244 e. The molecule has 0 saturated carbocycles. The summed E-state index contributed by atoms with van der Waals surface area (Å²) < 4.78 is 4.40. The summed E-state index contributed by atoms with van der Waals surface area (Å²) >= 11 is 0. The van der Waals surface area contributed by atoms with Gasteiger partial charge in [-0.05, 0) is 20.0 Å². The fraction of sp³-hybridized carbons (Fsp3) is 0.700. The molecule has 0 N–H and O–H groups in total. The molecule has 1 rings (SSSR count). The number of aromatic nitrogens is 2. The van der Waals surface area contributed by atoms with Gasteiger partial charge in [0.15, 0.2) is 0 Å². The van der Waals surface area contributed by atoms with Gasteiger partial charge in [0.1, 0.15) is 19.1 Å². The predicted molar refractivity (Wildman–Crippen MR) is 53.2 cm³/mol. The van der Waals surface area contributed by atoms with Crippen LogP contribution in [-0.2, 0) is 13.2 Å². The Morgan fingerprint density at radius 3 is 2.38 bits per heavy atom. The van der Waals surface area contributed by atoms with E-state index in [9.17, 15) is 0 Å². The average molecular weight is 182 g/mol. The van der Waals surface area contributed by atoms with Crippen LogP contribution in [0, 0.1) is 0 Å². The van der Waals surface area contributed by atoms with Crippen molar-refractivity contribution in [2.45, 2.75) is 34.0 Å². The fourth-order valence-electron chi connectivity index (χ4n) is 1.36. The van der Waals surface area contributed by atoms with Crippen molar-refractivity contribution >= 4 is 0 Å². The van der Waals surface area contributed by atoms with Crippen molar-refractivity contribution in [3.63, 3.8) is 0 Å². The van der Waals surface area contributed by atoms with Crippen LogP contribution in [0.15, 0.2) is 18.7 Å². The highest BCUT2D eigenvalue weighted by atomic mass is 15.3. The van der Waals surface area contributed by atoms with E-state index in [-0.39, 0.29) is 0 Å². The minimum atomic E-state index is 1.00. The quantitative estimate of drug-likeness (QED) is 0.621. The Bertz CT molecular complexity index is 238. The molecule has 0 amide bonds. The second-order valence-corrected chi connectivity index (χ2v) is 3.20. The molecule has 1 aromatic heterocycles. The molecule has 0 aliphatic carbocycles. The Morgan fingerprint density at radius 1 is 1.23 bits per heavy atom. The first kappa shape index (κ1) is 10.3. The molecule has 0 atom stereocenters. The van der Waals surface area contributed by atoms with E-state index in [1.165, 1.54) is 0 Å². The summed E-state index contributed by atoms with van der Waals surface area (Å²) in [5, 5.41) is 0. The van der Waals surface area contributed by atoms with E-state index in [0.29, 0.717) is 0 Å². The van der Waals surface area contributed by atoms with Crippen molar-refractivity contribution in [2.75, 3.05) is 13.1 Å². The van der Waals surface area contributed by atoms with Crippen molar-refractivity contribution in [3.8, 4) is 0 Å². The summed E-state index contributed by atoms with van der Waals surface area (Å²) in [6.07, 6.45) is 6.39. The molecule has 13 heavy (non-hydrogen) atoms. The molecule has 1 heterocycles. The van der Waals surface area contributed by atoms with Crippen LogP contribution in [0.3, 0.4) is 0 Å². The van der Waals surface area contributed by atoms with Crippen molar-refractivity contribution in [2.24, 2.45) is 0 Å². The highest BCUT2D eigenvalue weighted by molar-refractivity contribution is 4.64. The second kappa shape index (κ2) is 5.02. The third-order valence-electron chi connectivity index (χ3n) is 2.37. The largest absolute Gasteiger partial charge is 0.268 e. The number of nitrogens with zero attached hydrogens (tertiary/aromatic N) is 3. The van der Waals surface area contributed by atoms with Gasteiger partial charge in [0.2, 0.25) is 6.33 Å². The number of rotatable bonds is 5. The Morgan fingerprint density at radius 2 is 1.92 bits per heavy atom. The van der Waals surface area contributed by atoms with Crippen molar-refractivity contribution in [3.05, 3.63) is 18.7 Å². The molecule has 0 aliphatic heterocycles. The molecule has 0 aliphatic rings. The summed E-state index contributed by atoms with van der Waals surface area (Å²) in [6, 6.07) is 0. The molecule has 0 bridgehead atoms. The maximum absolute atomic E-state index is 2.39. The number of hydrogen-bond acceptors (Lipinski definition) is 1. The highest BCUT2D eigenvalue weighted by Crippen LogP contribution is 1.88. The molecular formula is C10H20N3+.